The summed E-state index contributed by atoms with van der Waals surface area (Å²) in [6.45, 7) is 11.1. The van der Waals surface area contributed by atoms with E-state index >= 15 is 0 Å². The third kappa shape index (κ3) is 4.83. The van der Waals surface area contributed by atoms with E-state index in [4.69, 9.17) is 9.15 Å². The normalized spacial score (nSPS) is 14.5. The number of aromatic nitrogens is 7. The van der Waals surface area contributed by atoms with Crippen LogP contribution in [0.3, 0.4) is 0 Å². The number of nitrogens with zero attached hydrogens (tertiary/aromatic N) is 9. The summed E-state index contributed by atoms with van der Waals surface area (Å²) in [4.78, 5) is 31.9. The first-order chi connectivity index (χ1) is 17.2. The van der Waals surface area contributed by atoms with Crippen LogP contribution in [-0.4, -0.2) is 79.3 Å². The highest BCUT2D eigenvalue weighted by atomic mass is 16.5. The molecule has 1 aliphatic rings. The van der Waals surface area contributed by atoms with Crippen molar-refractivity contribution in [2.75, 3.05) is 38.2 Å². The van der Waals surface area contributed by atoms with E-state index in [1.54, 1.807) is 15.8 Å². The molecule has 1 amide bonds. The van der Waals surface area contributed by atoms with Crippen molar-refractivity contribution < 1.29 is 13.9 Å². The number of tetrazole rings is 1. The zero-order valence-electron chi connectivity index (χ0n) is 21.1. The van der Waals surface area contributed by atoms with E-state index < -0.39 is 0 Å². The minimum Gasteiger partial charge on any atom is -0.494 e. The maximum absolute atomic E-state index is 13.2. The highest BCUT2D eigenvalue weighted by Crippen LogP contribution is 2.27. The summed E-state index contributed by atoms with van der Waals surface area (Å²) >= 11 is 0. The van der Waals surface area contributed by atoms with E-state index in [0.29, 0.717) is 72.8 Å². The number of methoxy groups -OCH3 is 1. The zero-order valence-corrected chi connectivity index (χ0v) is 21.1. The molecular weight excluding hydrogens is 462 g/mol. The number of rotatable bonds is 5. The van der Waals surface area contributed by atoms with Gasteiger partial charge in [-0.15, -0.1) is 10.2 Å². The number of carbonyl (C=O) groups is 1. The Bertz CT molecular complexity index is 1400. The molecule has 0 aromatic carbocycles. The molecule has 12 heteroatoms. The summed E-state index contributed by atoms with van der Waals surface area (Å²) in [6, 6.07) is 5.97. The SMILES string of the molecule is COc1cc(C(=O)N2CCN(c3nc4nc(C)ccc4o3)CC2)cnc1-c1nnn(CC(C)(C)C)n1. The molecule has 1 aliphatic heterocycles. The van der Waals surface area contributed by atoms with Gasteiger partial charge in [-0.3, -0.25) is 4.79 Å². The van der Waals surface area contributed by atoms with Crippen molar-refractivity contribution in [3.8, 4) is 17.3 Å². The molecular formula is C24H29N9O3. The van der Waals surface area contributed by atoms with Crippen LogP contribution >= 0.6 is 0 Å². The second kappa shape index (κ2) is 9.17. The number of pyridine rings is 2. The first-order valence-corrected chi connectivity index (χ1v) is 11.8. The molecule has 0 unspecified atom stereocenters. The van der Waals surface area contributed by atoms with Crippen molar-refractivity contribution in [2.45, 2.75) is 34.2 Å². The van der Waals surface area contributed by atoms with Crippen LogP contribution in [0.15, 0.2) is 28.8 Å². The number of carbonyl (C=O) groups excluding carboxylic acids is 1. The lowest BCUT2D eigenvalue weighted by atomic mass is 9.97. The topological polar surface area (TPSA) is 128 Å². The summed E-state index contributed by atoms with van der Waals surface area (Å²) in [5.74, 6) is 0.655. The third-order valence-electron chi connectivity index (χ3n) is 5.82. The first kappa shape index (κ1) is 23.6. The molecule has 5 rings (SSSR count). The lowest BCUT2D eigenvalue weighted by molar-refractivity contribution is 0.0744. The van der Waals surface area contributed by atoms with Crippen LogP contribution in [0.4, 0.5) is 6.01 Å². The minimum absolute atomic E-state index is 0.00614. The van der Waals surface area contributed by atoms with Gasteiger partial charge in [-0.1, -0.05) is 20.8 Å². The van der Waals surface area contributed by atoms with Gasteiger partial charge in [-0.25, -0.2) is 9.97 Å². The molecule has 0 radical (unpaired) electrons. The molecule has 1 fully saturated rings. The van der Waals surface area contributed by atoms with Gasteiger partial charge in [-0.05, 0) is 35.8 Å². The first-order valence-electron chi connectivity index (χ1n) is 11.8. The third-order valence-corrected chi connectivity index (χ3v) is 5.82. The number of amides is 1. The monoisotopic (exact) mass is 491 g/mol. The van der Waals surface area contributed by atoms with Crippen LogP contribution in [0.25, 0.3) is 22.7 Å². The molecule has 0 bridgehead atoms. The second-order valence-corrected chi connectivity index (χ2v) is 10.0. The molecule has 12 nitrogen and oxygen atoms in total. The number of hydrogen-bond donors (Lipinski definition) is 0. The number of hydrogen-bond acceptors (Lipinski definition) is 10. The Labute approximate surface area is 208 Å². The molecule has 5 heterocycles. The molecule has 0 spiro atoms. The van der Waals surface area contributed by atoms with Gasteiger partial charge < -0.3 is 19.0 Å². The Morgan fingerprint density at radius 1 is 1.14 bits per heavy atom. The second-order valence-electron chi connectivity index (χ2n) is 10.0. The molecule has 0 atom stereocenters. The zero-order chi connectivity index (χ0) is 25.4. The van der Waals surface area contributed by atoms with Crippen LogP contribution in [-0.2, 0) is 6.54 Å². The number of anilines is 1. The van der Waals surface area contributed by atoms with Gasteiger partial charge in [0.2, 0.25) is 11.5 Å². The standard InChI is InChI=1S/C24H29N9O3/c1-15-6-7-17-20(26-15)27-23(36-17)32-10-8-31(9-11-32)22(34)16-12-18(35-5)19(25-13-16)21-28-30-33(29-21)14-24(2,3)4/h6-7,12-13H,8-11,14H2,1-5H3. The van der Waals surface area contributed by atoms with Crippen molar-refractivity contribution in [1.82, 2.24) is 40.1 Å². The maximum atomic E-state index is 13.2. The smallest absolute Gasteiger partial charge is 0.300 e. The molecule has 4 aromatic rings. The van der Waals surface area contributed by atoms with Crippen LogP contribution in [0.5, 0.6) is 5.75 Å². The lowest BCUT2D eigenvalue weighted by Gasteiger charge is -2.33. The van der Waals surface area contributed by atoms with E-state index in [-0.39, 0.29) is 11.3 Å². The van der Waals surface area contributed by atoms with Crippen LogP contribution in [0.1, 0.15) is 36.8 Å². The lowest BCUT2D eigenvalue weighted by Crippen LogP contribution is -2.49. The number of ether oxygens (including phenoxy) is 1. The molecule has 1 saturated heterocycles. The Kier molecular flexibility index (Phi) is 6.02. The van der Waals surface area contributed by atoms with Gasteiger partial charge in [0, 0.05) is 38.1 Å². The average Bonchev–Trinajstić information content (AvgIpc) is 3.48. The van der Waals surface area contributed by atoms with Crippen molar-refractivity contribution >= 4 is 23.2 Å². The summed E-state index contributed by atoms with van der Waals surface area (Å²) in [5.41, 5.74) is 3.02. The fourth-order valence-electron chi connectivity index (χ4n) is 4.03. The molecule has 0 saturated carbocycles. The molecule has 4 aromatic heterocycles. The van der Waals surface area contributed by atoms with Crippen LogP contribution in [0, 0.1) is 12.3 Å². The Balaban J connectivity index is 1.27. The number of oxazole rings is 1. The van der Waals surface area contributed by atoms with E-state index in [1.807, 2.05) is 24.0 Å². The van der Waals surface area contributed by atoms with Gasteiger partial charge in [0.15, 0.2) is 11.3 Å². The summed E-state index contributed by atoms with van der Waals surface area (Å²) in [5, 5.41) is 12.7. The Hall–Kier alpha value is -4.09. The molecule has 0 aliphatic carbocycles. The van der Waals surface area contributed by atoms with E-state index in [2.05, 4.69) is 51.1 Å². The Morgan fingerprint density at radius 3 is 2.64 bits per heavy atom. The van der Waals surface area contributed by atoms with Crippen molar-refractivity contribution in [1.29, 1.82) is 0 Å². The fourth-order valence-corrected chi connectivity index (χ4v) is 4.03. The average molecular weight is 492 g/mol. The fraction of sp³-hybridized carbons (Fsp3) is 0.458. The van der Waals surface area contributed by atoms with Crippen LogP contribution < -0.4 is 9.64 Å². The highest BCUT2D eigenvalue weighted by molar-refractivity contribution is 5.95. The number of piperazine rings is 1. The predicted octanol–water partition coefficient (Wildman–Crippen LogP) is 2.60. The number of fused-ring (bicyclic) bond motifs is 1. The molecule has 188 valence electrons. The highest BCUT2D eigenvalue weighted by Gasteiger charge is 2.26. The Morgan fingerprint density at radius 2 is 1.92 bits per heavy atom. The van der Waals surface area contributed by atoms with E-state index in [1.165, 1.54) is 13.3 Å². The summed E-state index contributed by atoms with van der Waals surface area (Å²) < 4.78 is 11.4. The van der Waals surface area contributed by atoms with Gasteiger partial charge in [0.25, 0.3) is 11.9 Å². The minimum atomic E-state index is -0.119. The van der Waals surface area contributed by atoms with Crippen molar-refractivity contribution in [3.05, 3.63) is 35.7 Å². The van der Waals surface area contributed by atoms with Gasteiger partial charge in [-0.2, -0.15) is 9.78 Å². The van der Waals surface area contributed by atoms with Crippen LogP contribution in [0.2, 0.25) is 0 Å². The van der Waals surface area contributed by atoms with Crippen molar-refractivity contribution in [3.63, 3.8) is 0 Å². The van der Waals surface area contributed by atoms with Gasteiger partial charge in [0.1, 0.15) is 5.75 Å². The van der Waals surface area contributed by atoms with E-state index in [0.717, 1.165) is 5.69 Å². The van der Waals surface area contributed by atoms with Crippen molar-refractivity contribution in [2.24, 2.45) is 5.41 Å². The summed E-state index contributed by atoms with van der Waals surface area (Å²) in [6.07, 6.45) is 1.53. The maximum Gasteiger partial charge on any atom is 0.300 e. The van der Waals surface area contributed by atoms with Gasteiger partial charge >= 0.3 is 0 Å². The quantitative estimate of drug-likeness (QED) is 0.411. The predicted molar refractivity (Wildman–Crippen MR) is 132 cm³/mol. The summed E-state index contributed by atoms with van der Waals surface area (Å²) in [7, 11) is 1.53. The van der Waals surface area contributed by atoms with E-state index in [9.17, 15) is 4.79 Å². The largest absolute Gasteiger partial charge is 0.494 e. The molecule has 36 heavy (non-hydrogen) atoms. The molecule has 0 N–H and O–H groups in total. The number of aryl methyl sites for hydroxylation is 1. The van der Waals surface area contributed by atoms with Gasteiger partial charge in [0.05, 0.1) is 19.2 Å².